The molecule has 1 N–H and O–H groups in total. The van der Waals surface area contributed by atoms with E-state index in [-0.39, 0.29) is 6.03 Å². The van der Waals surface area contributed by atoms with Crippen LogP contribution in [0.25, 0.3) is 0 Å². The molecule has 1 fully saturated rings. The van der Waals surface area contributed by atoms with E-state index in [0.29, 0.717) is 6.54 Å². The standard InChI is InChI=1S/C17H27BN2O3/c1-8-20(7)15(21)19-14-11-12(2)9-10-13(14)18-22-16(3,4)17(5,6)23-18/h9-11H,8H2,1-7H3,(H,19,21). The topological polar surface area (TPSA) is 50.8 Å². The molecule has 0 aliphatic carbocycles. The zero-order chi connectivity index (χ0) is 17.4. The van der Waals surface area contributed by atoms with E-state index in [1.807, 2.05) is 59.7 Å². The Hall–Kier alpha value is -1.53. The van der Waals surface area contributed by atoms with Crippen LogP contribution < -0.4 is 10.8 Å². The first-order valence-corrected chi connectivity index (χ1v) is 8.05. The first-order valence-electron chi connectivity index (χ1n) is 8.05. The molecular formula is C17H27BN2O3. The molecule has 6 heteroatoms. The lowest BCUT2D eigenvalue weighted by Crippen LogP contribution is -2.41. The Kier molecular flexibility index (Phi) is 4.78. The first-order chi connectivity index (χ1) is 10.6. The quantitative estimate of drug-likeness (QED) is 0.872. The van der Waals surface area contributed by atoms with Crippen molar-refractivity contribution in [3.63, 3.8) is 0 Å². The Morgan fingerprint density at radius 1 is 1.22 bits per heavy atom. The number of urea groups is 1. The number of nitrogens with one attached hydrogen (secondary N) is 1. The normalized spacial score (nSPS) is 18.8. The van der Waals surface area contributed by atoms with Crippen molar-refractivity contribution < 1.29 is 14.1 Å². The van der Waals surface area contributed by atoms with Gasteiger partial charge in [-0.2, -0.15) is 0 Å². The highest BCUT2D eigenvalue weighted by Gasteiger charge is 2.52. The predicted octanol–water partition coefficient (Wildman–Crippen LogP) is 2.78. The molecule has 2 rings (SSSR count). The van der Waals surface area contributed by atoms with Gasteiger partial charge in [-0.1, -0.05) is 12.1 Å². The molecule has 1 aromatic rings. The van der Waals surface area contributed by atoms with Crippen LogP contribution in [0.15, 0.2) is 18.2 Å². The molecule has 1 saturated heterocycles. The van der Waals surface area contributed by atoms with E-state index in [2.05, 4.69) is 5.32 Å². The van der Waals surface area contributed by atoms with E-state index in [1.165, 1.54) is 0 Å². The Balaban J connectivity index is 2.32. The number of benzene rings is 1. The Morgan fingerprint density at radius 2 is 1.78 bits per heavy atom. The molecule has 1 aliphatic heterocycles. The van der Waals surface area contributed by atoms with Crippen LogP contribution in [0.1, 0.15) is 40.2 Å². The van der Waals surface area contributed by atoms with Gasteiger partial charge in [-0.25, -0.2) is 4.79 Å². The van der Waals surface area contributed by atoms with E-state index in [1.54, 1.807) is 11.9 Å². The van der Waals surface area contributed by atoms with Crippen LogP contribution in [0.5, 0.6) is 0 Å². The third-order valence-corrected chi connectivity index (χ3v) is 4.78. The number of carbonyl (C=O) groups is 1. The lowest BCUT2D eigenvalue weighted by Gasteiger charge is -2.32. The molecule has 0 saturated carbocycles. The van der Waals surface area contributed by atoms with Crippen molar-refractivity contribution in [2.75, 3.05) is 18.9 Å². The molecule has 1 heterocycles. The van der Waals surface area contributed by atoms with Gasteiger partial charge in [-0.15, -0.1) is 0 Å². The van der Waals surface area contributed by atoms with Crippen molar-refractivity contribution in [2.45, 2.75) is 52.7 Å². The molecule has 0 atom stereocenters. The van der Waals surface area contributed by atoms with Gasteiger partial charge in [0.25, 0.3) is 0 Å². The lowest BCUT2D eigenvalue weighted by molar-refractivity contribution is 0.00578. The maximum atomic E-state index is 12.2. The van der Waals surface area contributed by atoms with E-state index >= 15 is 0 Å². The summed E-state index contributed by atoms with van der Waals surface area (Å²) in [5, 5.41) is 2.96. The number of hydrogen-bond acceptors (Lipinski definition) is 3. The molecule has 0 unspecified atom stereocenters. The molecule has 0 bridgehead atoms. The van der Waals surface area contributed by atoms with Crippen molar-refractivity contribution >= 4 is 24.3 Å². The molecule has 0 aromatic heterocycles. The molecule has 0 radical (unpaired) electrons. The Bertz CT molecular complexity index is 586. The SMILES string of the molecule is CCN(C)C(=O)Nc1cc(C)ccc1B1OC(C)(C)C(C)(C)O1. The molecule has 126 valence electrons. The average molecular weight is 318 g/mol. The van der Waals surface area contributed by atoms with Crippen molar-refractivity contribution in [1.82, 2.24) is 4.90 Å². The summed E-state index contributed by atoms with van der Waals surface area (Å²) in [6.45, 7) is 12.6. The Morgan fingerprint density at radius 3 is 2.30 bits per heavy atom. The number of rotatable bonds is 3. The summed E-state index contributed by atoms with van der Waals surface area (Å²) in [7, 11) is 1.27. The average Bonchev–Trinajstić information content (AvgIpc) is 2.66. The number of hydrogen-bond donors (Lipinski definition) is 1. The summed E-state index contributed by atoms with van der Waals surface area (Å²) in [5.41, 5.74) is 1.81. The third-order valence-electron chi connectivity index (χ3n) is 4.78. The molecule has 1 aliphatic rings. The summed E-state index contributed by atoms with van der Waals surface area (Å²) >= 11 is 0. The zero-order valence-corrected chi connectivity index (χ0v) is 15.2. The smallest absolute Gasteiger partial charge is 0.399 e. The van der Waals surface area contributed by atoms with E-state index in [9.17, 15) is 4.79 Å². The fourth-order valence-corrected chi connectivity index (χ4v) is 2.31. The van der Waals surface area contributed by atoms with Gasteiger partial charge in [0.15, 0.2) is 0 Å². The number of amides is 2. The van der Waals surface area contributed by atoms with E-state index in [4.69, 9.17) is 9.31 Å². The Labute approximate surface area is 139 Å². The minimum Gasteiger partial charge on any atom is -0.399 e. The third kappa shape index (κ3) is 3.53. The number of carbonyl (C=O) groups excluding carboxylic acids is 1. The van der Waals surface area contributed by atoms with Crippen LogP contribution in [0, 0.1) is 6.92 Å². The highest BCUT2D eigenvalue weighted by atomic mass is 16.7. The van der Waals surface area contributed by atoms with Gasteiger partial charge >= 0.3 is 13.1 Å². The minimum absolute atomic E-state index is 0.143. The molecule has 23 heavy (non-hydrogen) atoms. The molecule has 5 nitrogen and oxygen atoms in total. The van der Waals surface area contributed by atoms with Crippen LogP contribution in [-0.4, -0.2) is 42.8 Å². The summed E-state index contributed by atoms with van der Waals surface area (Å²) in [5.74, 6) is 0. The van der Waals surface area contributed by atoms with Gasteiger partial charge in [-0.05, 0) is 53.2 Å². The lowest BCUT2D eigenvalue weighted by atomic mass is 9.77. The van der Waals surface area contributed by atoms with E-state index in [0.717, 1.165) is 16.7 Å². The van der Waals surface area contributed by atoms with Crippen LogP contribution in [0.3, 0.4) is 0 Å². The molecule has 0 spiro atoms. The van der Waals surface area contributed by atoms with Crippen LogP contribution in [0.4, 0.5) is 10.5 Å². The summed E-state index contributed by atoms with van der Waals surface area (Å²) in [4.78, 5) is 13.8. The van der Waals surface area contributed by atoms with Crippen molar-refractivity contribution in [3.8, 4) is 0 Å². The van der Waals surface area contributed by atoms with Gasteiger partial charge in [-0.3, -0.25) is 0 Å². The summed E-state index contributed by atoms with van der Waals surface area (Å²) in [6, 6.07) is 5.76. The molecule has 2 amide bonds. The van der Waals surface area contributed by atoms with Gasteiger partial charge in [0.1, 0.15) is 0 Å². The van der Waals surface area contributed by atoms with Crippen LogP contribution in [0.2, 0.25) is 0 Å². The minimum atomic E-state index is -0.497. The van der Waals surface area contributed by atoms with Gasteiger partial charge < -0.3 is 19.5 Å². The first kappa shape index (κ1) is 17.8. The van der Waals surface area contributed by atoms with E-state index < -0.39 is 18.3 Å². The second kappa shape index (κ2) is 6.17. The number of anilines is 1. The van der Waals surface area contributed by atoms with Gasteiger partial charge in [0, 0.05) is 24.7 Å². The van der Waals surface area contributed by atoms with Crippen molar-refractivity contribution in [1.29, 1.82) is 0 Å². The fraction of sp³-hybridized carbons (Fsp3) is 0.588. The second-order valence-corrected chi connectivity index (χ2v) is 7.12. The highest BCUT2D eigenvalue weighted by Crippen LogP contribution is 2.37. The van der Waals surface area contributed by atoms with Gasteiger partial charge in [0.2, 0.25) is 0 Å². The van der Waals surface area contributed by atoms with Gasteiger partial charge in [0.05, 0.1) is 11.2 Å². The highest BCUT2D eigenvalue weighted by molar-refractivity contribution is 6.64. The number of nitrogens with zero attached hydrogens (tertiary/aromatic N) is 1. The molecule has 1 aromatic carbocycles. The second-order valence-electron chi connectivity index (χ2n) is 7.12. The predicted molar refractivity (Wildman–Crippen MR) is 94.2 cm³/mol. The largest absolute Gasteiger partial charge is 0.496 e. The van der Waals surface area contributed by atoms with Crippen LogP contribution >= 0.6 is 0 Å². The fourth-order valence-electron chi connectivity index (χ4n) is 2.31. The van der Waals surface area contributed by atoms with Crippen molar-refractivity contribution in [2.24, 2.45) is 0 Å². The van der Waals surface area contributed by atoms with Crippen LogP contribution in [-0.2, 0) is 9.31 Å². The summed E-state index contributed by atoms with van der Waals surface area (Å²) < 4.78 is 12.2. The number of aryl methyl sites for hydroxylation is 1. The summed E-state index contributed by atoms with van der Waals surface area (Å²) in [6.07, 6.45) is 0. The maximum Gasteiger partial charge on any atom is 0.496 e. The monoisotopic (exact) mass is 318 g/mol. The maximum absolute atomic E-state index is 12.2. The van der Waals surface area contributed by atoms with Crippen molar-refractivity contribution in [3.05, 3.63) is 23.8 Å². The zero-order valence-electron chi connectivity index (χ0n) is 15.2. The molecular weight excluding hydrogens is 291 g/mol.